The highest BCUT2D eigenvalue weighted by Crippen LogP contribution is 2.34. The van der Waals surface area contributed by atoms with Crippen molar-refractivity contribution in [1.82, 2.24) is 4.90 Å². The summed E-state index contributed by atoms with van der Waals surface area (Å²) >= 11 is 5.64. The molecule has 3 aromatic rings. The predicted octanol–water partition coefficient (Wildman–Crippen LogP) is 5.36. The van der Waals surface area contributed by atoms with Gasteiger partial charge in [0.2, 0.25) is 0 Å². The number of ether oxygens (including phenoxy) is 1. The van der Waals surface area contributed by atoms with E-state index in [0.29, 0.717) is 23.8 Å². The Morgan fingerprint density at radius 3 is 2.19 bits per heavy atom. The average molecular weight is 518 g/mol. The summed E-state index contributed by atoms with van der Waals surface area (Å²) in [5, 5.41) is 2.24. The second-order valence-corrected chi connectivity index (χ2v) is 8.55. The van der Waals surface area contributed by atoms with Crippen molar-refractivity contribution in [3.63, 3.8) is 0 Å². The molecule has 0 atom stereocenters. The lowest BCUT2D eigenvalue weighted by Gasteiger charge is -2.37. The Hall–Kier alpha value is -3.66. The van der Waals surface area contributed by atoms with Gasteiger partial charge in [-0.05, 0) is 60.7 Å². The second kappa shape index (κ2) is 10.9. The summed E-state index contributed by atoms with van der Waals surface area (Å²) in [5.74, 6) is -0.578. The van der Waals surface area contributed by atoms with Gasteiger partial charge in [0.25, 0.3) is 5.91 Å². The number of hydrogen-bond acceptors (Lipinski definition) is 4. The zero-order valence-corrected chi connectivity index (χ0v) is 19.9. The monoisotopic (exact) mass is 517 g/mol. The Kier molecular flexibility index (Phi) is 7.73. The van der Waals surface area contributed by atoms with Gasteiger partial charge in [0.1, 0.15) is 16.6 Å². The lowest BCUT2D eigenvalue weighted by molar-refractivity contribution is -0.137. The number of amides is 1. The largest absolute Gasteiger partial charge is 0.484 e. The van der Waals surface area contributed by atoms with Gasteiger partial charge >= 0.3 is 6.18 Å². The van der Waals surface area contributed by atoms with Gasteiger partial charge in [-0.1, -0.05) is 24.4 Å². The Labute approximate surface area is 211 Å². The molecule has 0 unspecified atom stereocenters. The van der Waals surface area contributed by atoms with Gasteiger partial charge in [0, 0.05) is 37.4 Å². The van der Waals surface area contributed by atoms with E-state index in [1.807, 2.05) is 0 Å². The van der Waals surface area contributed by atoms with E-state index in [4.69, 9.17) is 17.0 Å². The third kappa shape index (κ3) is 6.31. The molecule has 1 fully saturated rings. The first-order valence-corrected chi connectivity index (χ1v) is 11.6. The molecule has 5 nitrogen and oxygen atoms in total. The van der Waals surface area contributed by atoms with Gasteiger partial charge in [-0.15, -0.1) is 0 Å². The van der Waals surface area contributed by atoms with Crippen LogP contribution in [0.25, 0.3) is 0 Å². The Balaban J connectivity index is 1.28. The highest BCUT2D eigenvalue weighted by molar-refractivity contribution is 7.80. The van der Waals surface area contributed by atoms with Crippen LogP contribution in [0.15, 0.2) is 72.8 Å². The lowest BCUT2D eigenvalue weighted by atomic mass is 10.1. The summed E-state index contributed by atoms with van der Waals surface area (Å²) in [6, 6.07) is 18.1. The summed E-state index contributed by atoms with van der Waals surface area (Å²) in [7, 11) is 0. The molecule has 0 aliphatic carbocycles. The van der Waals surface area contributed by atoms with Crippen molar-refractivity contribution in [2.45, 2.75) is 6.18 Å². The smallest absolute Gasteiger partial charge is 0.418 e. The van der Waals surface area contributed by atoms with Crippen LogP contribution < -0.4 is 15.0 Å². The summed E-state index contributed by atoms with van der Waals surface area (Å²) < 4.78 is 57.8. The summed E-state index contributed by atoms with van der Waals surface area (Å²) in [6.07, 6.45) is -4.58. The van der Waals surface area contributed by atoms with Crippen LogP contribution in [0.3, 0.4) is 0 Å². The zero-order valence-electron chi connectivity index (χ0n) is 19.1. The first-order valence-electron chi connectivity index (χ1n) is 11.2. The molecule has 0 spiro atoms. The molecule has 10 heteroatoms. The Morgan fingerprint density at radius 1 is 0.917 bits per heavy atom. The van der Waals surface area contributed by atoms with Crippen molar-refractivity contribution >= 4 is 34.5 Å². The number of carbonyl (C=O) groups is 1. The molecule has 0 saturated carbocycles. The van der Waals surface area contributed by atoms with Crippen LogP contribution in [0.2, 0.25) is 0 Å². The number of nitrogens with one attached hydrogen (secondary N) is 1. The third-order valence-electron chi connectivity index (χ3n) is 5.74. The molecule has 1 heterocycles. The lowest BCUT2D eigenvalue weighted by Crippen LogP contribution is -2.48. The van der Waals surface area contributed by atoms with Crippen molar-refractivity contribution in [3.8, 4) is 5.75 Å². The number of piperazine rings is 1. The molecule has 36 heavy (non-hydrogen) atoms. The molecule has 3 aromatic carbocycles. The number of thiocarbonyl (C=S) groups is 1. The fourth-order valence-corrected chi connectivity index (χ4v) is 4.19. The number of alkyl halides is 3. The van der Waals surface area contributed by atoms with Gasteiger partial charge in [0.05, 0.1) is 11.3 Å². The minimum absolute atomic E-state index is 0.265. The molecular weight excluding hydrogens is 494 g/mol. The van der Waals surface area contributed by atoms with E-state index in [1.165, 1.54) is 30.3 Å². The number of nitrogens with zero attached hydrogens (tertiary/aromatic N) is 2. The number of para-hydroxylation sites is 1. The van der Waals surface area contributed by atoms with Gasteiger partial charge in [0.15, 0.2) is 6.61 Å². The van der Waals surface area contributed by atoms with Crippen molar-refractivity contribution in [1.29, 1.82) is 0 Å². The molecule has 1 saturated heterocycles. The number of carbonyl (C=O) groups excluding carboxylic acids is 1. The highest BCUT2D eigenvalue weighted by atomic mass is 32.1. The quantitative estimate of drug-likeness (QED) is 0.352. The van der Waals surface area contributed by atoms with Crippen molar-refractivity contribution in [2.75, 3.05) is 43.0 Å². The van der Waals surface area contributed by atoms with E-state index in [2.05, 4.69) is 15.1 Å². The molecule has 1 N–H and O–H groups in total. The zero-order chi connectivity index (χ0) is 25.7. The number of rotatable bonds is 6. The number of anilines is 2. The van der Waals surface area contributed by atoms with E-state index in [0.717, 1.165) is 30.4 Å². The summed E-state index contributed by atoms with van der Waals surface area (Å²) in [4.78, 5) is 17.1. The van der Waals surface area contributed by atoms with E-state index in [1.54, 1.807) is 36.4 Å². The van der Waals surface area contributed by atoms with Gasteiger partial charge < -0.3 is 19.9 Å². The number of halogens is 4. The van der Waals surface area contributed by atoms with E-state index < -0.39 is 24.3 Å². The first-order chi connectivity index (χ1) is 17.2. The molecule has 188 valence electrons. The van der Waals surface area contributed by atoms with Crippen molar-refractivity contribution in [3.05, 3.63) is 89.7 Å². The molecule has 0 bridgehead atoms. The molecule has 1 aliphatic heterocycles. The van der Waals surface area contributed by atoms with Crippen LogP contribution in [0.1, 0.15) is 11.1 Å². The molecule has 1 amide bonds. The fraction of sp³-hybridized carbons (Fsp3) is 0.231. The maximum absolute atomic E-state index is 13.2. The summed E-state index contributed by atoms with van der Waals surface area (Å²) in [5.41, 5.74) is 0.541. The van der Waals surface area contributed by atoms with Crippen molar-refractivity contribution < 1.29 is 27.1 Å². The topological polar surface area (TPSA) is 44.8 Å². The molecule has 4 rings (SSSR count). The van der Waals surface area contributed by atoms with Gasteiger partial charge in [-0.3, -0.25) is 4.79 Å². The predicted molar refractivity (Wildman–Crippen MR) is 134 cm³/mol. The third-order valence-corrected chi connectivity index (χ3v) is 6.23. The van der Waals surface area contributed by atoms with Gasteiger partial charge in [-0.2, -0.15) is 13.2 Å². The van der Waals surface area contributed by atoms with E-state index in [-0.39, 0.29) is 11.5 Å². The Morgan fingerprint density at radius 2 is 1.56 bits per heavy atom. The van der Waals surface area contributed by atoms with Crippen LogP contribution in [-0.4, -0.2) is 48.6 Å². The molecule has 0 aromatic heterocycles. The van der Waals surface area contributed by atoms with Gasteiger partial charge in [-0.25, -0.2) is 4.39 Å². The molecular formula is C26H23F4N3O2S. The van der Waals surface area contributed by atoms with Crippen LogP contribution >= 0.6 is 12.2 Å². The van der Waals surface area contributed by atoms with Crippen LogP contribution in [0.5, 0.6) is 5.75 Å². The van der Waals surface area contributed by atoms with Crippen LogP contribution in [0, 0.1) is 5.82 Å². The second-order valence-electron chi connectivity index (χ2n) is 8.16. The maximum atomic E-state index is 13.2. The maximum Gasteiger partial charge on any atom is 0.418 e. The number of benzene rings is 3. The molecule has 1 aliphatic rings. The SMILES string of the molecule is O=C(COc1ccc(C(=S)N2CCN(c3ccc(F)cc3)CC2)cc1)Nc1ccccc1C(F)(F)F. The minimum atomic E-state index is -4.58. The van der Waals surface area contributed by atoms with E-state index in [9.17, 15) is 22.4 Å². The highest BCUT2D eigenvalue weighted by Gasteiger charge is 2.33. The van der Waals surface area contributed by atoms with Crippen molar-refractivity contribution in [2.24, 2.45) is 0 Å². The van der Waals surface area contributed by atoms with E-state index >= 15 is 0 Å². The fourth-order valence-electron chi connectivity index (χ4n) is 3.87. The van der Waals surface area contributed by atoms with Crippen LogP contribution in [-0.2, 0) is 11.0 Å². The minimum Gasteiger partial charge on any atom is -0.484 e. The number of hydrogen-bond donors (Lipinski definition) is 1. The molecule has 0 radical (unpaired) electrons. The standard InChI is InChI=1S/C26H23F4N3O2S/c27-19-7-9-20(10-8-19)32-13-15-33(16-14-32)25(36)18-5-11-21(12-6-18)35-17-24(34)31-23-4-2-1-3-22(23)26(28,29)30/h1-12H,13-17H2,(H,31,34). The van der Waals surface area contributed by atoms with Crippen LogP contribution in [0.4, 0.5) is 28.9 Å². The first kappa shape index (κ1) is 25.4. The Bertz CT molecular complexity index is 1210. The normalized spacial score (nSPS) is 13.9. The average Bonchev–Trinajstić information content (AvgIpc) is 2.88. The summed E-state index contributed by atoms with van der Waals surface area (Å²) in [6.45, 7) is 2.49.